The molecule has 0 aromatic rings. The van der Waals surface area contributed by atoms with Crippen molar-refractivity contribution in [2.75, 3.05) is 19.7 Å². The molecule has 0 aliphatic rings. The number of aliphatic imine (C=N–C) groups is 1. The number of hydrogen-bond donors (Lipinski definition) is 9. The van der Waals surface area contributed by atoms with Gasteiger partial charge in [-0.05, 0) is 51.0 Å². The van der Waals surface area contributed by atoms with Gasteiger partial charge in [-0.1, -0.05) is 13.8 Å². The lowest BCUT2D eigenvalue weighted by molar-refractivity contribution is -0.143. The van der Waals surface area contributed by atoms with Crippen molar-refractivity contribution in [3.8, 4) is 0 Å². The van der Waals surface area contributed by atoms with E-state index in [4.69, 9.17) is 28.0 Å². The van der Waals surface area contributed by atoms with Crippen LogP contribution in [0.2, 0.25) is 0 Å². The molecule has 0 saturated carbocycles. The minimum absolute atomic E-state index is 0.109. The van der Waals surface area contributed by atoms with Crippen LogP contribution in [0.4, 0.5) is 0 Å². The summed E-state index contributed by atoms with van der Waals surface area (Å²) in [5.41, 5.74) is 22.1. The quantitative estimate of drug-likeness (QED) is 0.0523. The molecule has 0 aromatic carbocycles. The van der Waals surface area contributed by atoms with Crippen LogP contribution in [0.15, 0.2) is 4.99 Å². The summed E-state index contributed by atoms with van der Waals surface area (Å²) in [7, 11) is 0. The molecule has 3 amide bonds. The predicted octanol–water partition coefficient (Wildman–Crippen LogP) is -2.93. The number of rotatable bonds is 18. The van der Waals surface area contributed by atoms with Gasteiger partial charge in [-0.2, -0.15) is 0 Å². The zero-order chi connectivity index (χ0) is 27.0. The number of nitrogens with one attached hydrogen (secondary N) is 3. The van der Waals surface area contributed by atoms with Gasteiger partial charge in [0.15, 0.2) is 5.96 Å². The topological polar surface area (TPSA) is 261 Å². The van der Waals surface area contributed by atoms with E-state index >= 15 is 0 Å². The SMILES string of the molecule is CC(C)C[C@H](N)C(=O)N[C@@H](CCCN=C(N)N)C(=O)N[C@@H](CCCCN)C(=O)N[C@@H](CO)C(=O)O. The zero-order valence-electron chi connectivity index (χ0n) is 20.5. The van der Waals surface area contributed by atoms with Crippen molar-refractivity contribution in [1.29, 1.82) is 0 Å². The van der Waals surface area contributed by atoms with Crippen LogP contribution in [0.5, 0.6) is 0 Å². The van der Waals surface area contributed by atoms with Gasteiger partial charge in [0.2, 0.25) is 17.7 Å². The Balaban J connectivity index is 5.53. The highest BCUT2D eigenvalue weighted by molar-refractivity contribution is 5.94. The first-order valence-corrected chi connectivity index (χ1v) is 11.7. The average Bonchev–Trinajstić information content (AvgIpc) is 2.77. The van der Waals surface area contributed by atoms with Gasteiger partial charge in [-0.25, -0.2) is 4.79 Å². The van der Waals surface area contributed by atoms with E-state index in [0.29, 0.717) is 32.2 Å². The van der Waals surface area contributed by atoms with Crippen LogP contribution in [0.25, 0.3) is 0 Å². The van der Waals surface area contributed by atoms with Crippen molar-refractivity contribution >= 4 is 29.7 Å². The van der Waals surface area contributed by atoms with Crippen molar-refractivity contribution in [1.82, 2.24) is 16.0 Å². The normalized spacial score (nSPS) is 14.3. The molecule has 0 rings (SSSR count). The molecule has 0 aliphatic heterocycles. The summed E-state index contributed by atoms with van der Waals surface area (Å²) < 4.78 is 0. The second kappa shape index (κ2) is 17.5. The number of guanidine groups is 1. The highest BCUT2D eigenvalue weighted by Gasteiger charge is 2.30. The highest BCUT2D eigenvalue weighted by atomic mass is 16.4. The first-order valence-electron chi connectivity index (χ1n) is 11.7. The largest absolute Gasteiger partial charge is 0.480 e. The van der Waals surface area contributed by atoms with E-state index in [1.807, 2.05) is 13.8 Å². The van der Waals surface area contributed by atoms with E-state index in [0.717, 1.165) is 0 Å². The molecular weight excluding hydrogens is 460 g/mol. The molecular formula is C21H42N8O6. The lowest BCUT2D eigenvalue weighted by Crippen LogP contribution is -2.57. The lowest BCUT2D eigenvalue weighted by Gasteiger charge is -2.25. The average molecular weight is 503 g/mol. The first-order chi connectivity index (χ1) is 16.4. The molecule has 0 bridgehead atoms. The third-order valence-corrected chi connectivity index (χ3v) is 5.02. The van der Waals surface area contributed by atoms with Crippen molar-refractivity contribution < 1.29 is 29.4 Å². The number of hydrogen-bond acceptors (Lipinski definition) is 8. The van der Waals surface area contributed by atoms with Gasteiger partial charge in [0, 0.05) is 6.54 Å². The fraction of sp³-hybridized carbons (Fsp3) is 0.762. The molecule has 0 aromatic heterocycles. The van der Waals surface area contributed by atoms with Gasteiger partial charge >= 0.3 is 5.97 Å². The van der Waals surface area contributed by atoms with E-state index in [1.165, 1.54) is 0 Å². The number of unbranched alkanes of at least 4 members (excludes halogenated alkanes) is 1. The number of carboxylic acids is 1. The van der Waals surface area contributed by atoms with E-state index in [2.05, 4.69) is 20.9 Å². The summed E-state index contributed by atoms with van der Waals surface area (Å²) in [5.74, 6) is -3.31. The Labute approximate surface area is 205 Å². The minimum Gasteiger partial charge on any atom is -0.480 e. The monoisotopic (exact) mass is 502 g/mol. The van der Waals surface area contributed by atoms with Gasteiger partial charge in [0.1, 0.15) is 18.1 Å². The summed E-state index contributed by atoms with van der Waals surface area (Å²) in [5, 5.41) is 25.7. The second-order valence-electron chi connectivity index (χ2n) is 8.67. The summed E-state index contributed by atoms with van der Waals surface area (Å²) in [6.07, 6.45) is 2.15. The third-order valence-electron chi connectivity index (χ3n) is 5.02. The number of nitrogens with two attached hydrogens (primary N) is 4. The van der Waals surface area contributed by atoms with Crippen LogP contribution in [-0.4, -0.2) is 83.7 Å². The predicted molar refractivity (Wildman–Crippen MR) is 131 cm³/mol. The molecule has 13 N–H and O–H groups in total. The molecule has 0 unspecified atom stereocenters. The third kappa shape index (κ3) is 14.1. The van der Waals surface area contributed by atoms with Crippen molar-refractivity contribution in [3.05, 3.63) is 0 Å². The molecule has 14 nitrogen and oxygen atoms in total. The molecule has 0 aliphatic carbocycles. The molecule has 0 saturated heterocycles. The maximum absolute atomic E-state index is 13.1. The number of carboxylic acid groups (broad SMARTS) is 1. The summed E-state index contributed by atoms with van der Waals surface area (Å²) in [4.78, 5) is 53.3. The van der Waals surface area contributed by atoms with Crippen molar-refractivity contribution in [2.45, 2.75) is 76.5 Å². The Hall–Kier alpha value is -2.97. The molecule has 0 heterocycles. The van der Waals surface area contributed by atoms with Crippen molar-refractivity contribution in [3.63, 3.8) is 0 Å². The molecule has 0 spiro atoms. The standard InChI is InChI=1S/C21H42N8O6/c1-12(2)10-13(23)17(31)27-15(7-5-9-26-21(24)25)18(32)28-14(6-3-4-8-22)19(33)29-16(11-30)20(34)35/h12-16,30H,3-11,22-23H2,1-2H3,(H,27,31)(H,28,32)(H,29,33)(H,34,35)(H4,24,25,26)/t13-,14-,15-,16-/m0/s1. The fourth-order valence-corrected chi connectivity index (χ4v) is 3.16. The van der Waals surface area contributed by atoms with Crippen LogP contribution < -0.4 is 38.9 Å². The number of aliphatic hydroxyl groups excluding tert-OH is 1. The van der Waals surface area contributed by atoms with Gasteiger partial charge in [0.25, 0.3) is 0 Å². The Kier molecular flexibility index (Phi) is 16.0. The molecule has 35 heavy (non-hydrogen) atoms. The Bertz CT molecular complexity index is 714. The van der Waals surface area contributed by atoms with Gasteiger partial charge < -0.3 is 49.1 Å². The lowest BCUT2D eigenvalue weighted by atomic mass is 10.0. The van der Waals surface area contributed by atoms with E-state index in [9.17, 15) is 24.3 Å². The molecule has 0 radical (unpaired) electrons. The van der Waals surface area contributed by atoms with Crippen LogP contribution in [-0.2, 0) is 19.2 Å². The number of carbonyl (C=O) groups is 4. The smallest absolute Gasteiger partial charge is 0.328 e. The Morgan fingerprint density at radius 2 is 1.37 bits per heavy atom. The van der Waals surface area contributed by atoms with Gasteiger partial charge in [-0.15, -0.1) is 0 Å². The Morgan fingerprint density at radius 1 is 0.857 bits per heavy atom. The van der Waals surface area contributed by atoms with E-state index in [-0.39, 0.29) is 31.3 Å². The second-order valence-corrected chi connectivity index (χ2v) is 8.67. The van der Waals surface area contributed by atoms with E-state index in [1.54, 1.807) is 0 Å². The van der Waals surface area contributed by atoms with Crippen molar-refractivity contribution in [2.24, 2.45) is 33.8 Å². The van der Waals surface area contributed by atoms with Crippen LogP contribution >= 0.6 is 0 Å². The number of nitrogens with zero attached hydrogens (tertiary/aromatic N) is 1. The van der Waals surface area contributed by atoms with Crippen LogP contribution in [0, 0.1) is 5.92 Å². The van der Waals surface area contributed by atoms with Crippen LogP contribution in [0.3, 0.4) is 0 Å². The van der Waals surface area contributed by atoms with E-state index < -0.39 is 54.5 Å². The minimum atomic E-state index is -1.53. The summed E-state index contributed by atoms with van der Waals surface area (Å²) >= 11 is 0. The zero-order valence-corrected chi connectivity index (χ0v) is 20.5. The number of amides is 3. The fourth-order valence-electron chi connectivity index (χ4n) is 3.16. The molecule has 202 valence electrons. The maximum Gasteiger partial charge on any atom is 0.328 e. The number of aliphatic carboxylic acids is 1. The summed E-state index contributed by atoms with van der Waals surface area (Å²) in [6, 6.07) is -4.50. The molecule has 0 fully saturated rings. The van der Waals surface area contributed by atoms with Gasteiger partial charge in [-0.3, -0.25) is 19.4 Å². The van der Waals surface area contributed by atoms with Gasteiger partial charge in [0.05, 0.1) is 12.6 Å². The number of carbonyl (C=O) groups excluding carboxylic acids is 3. The molecule has 14 heteroatoms. The Morgan fingerprint density at radius 3 is 1.83 bits per heavy atom. The van der Waals surface area contributed by atoms with Crippen LogP contribution in [0.1, 0.15) is 52.4 Å². The maximum atomic E-state index is 13.1. The highest BCUT2D eigenvalue weighted by Crippen LogP contribution is 2.07. The number of aliphatic hydroxyl groups is 1. The first kappa shape index (κ1) is 32.0. The summed E-state index contributed by atoms with van der Waals surface area (Å²) in [6.45, 7) is 3.59. The molecule has 4 atom stereocenters.